The molecule has 7 nitrogen and oxygen atoms in total. The zero-order chi connectivity index (χ0) is 20.9. The van der Waals surface area contributed by atoms with Crippen LogP contribution in [0.2, 0.25) is 5.02 Å². The van der Waals surface area contributed by atoms with Crippen molar-refractivity contribution in [2.45, 2.75) is 6.42 Å². The highest BCUT2D eigenvalue weighted by atomic mass is 35.5. The number of piperazine rings is 1. The number of ether oxygens (including phenoxy) is 2. The number of fused-ring (bicyclic) bond motifs is 1. The molecular weight excluding hydrogens is 406 g/mol. The Balaban J connectivity index is 1.17. The standard InChI is InChI=1S/C22H24ClN3O4/c23-18-4-1-16(2-5-18)13-21(27)26-11-9-25(10-12-26)8-7-24-22(28)17-3-6-19-20(14-17)30-15-29-19/h1-6,14H,7-13,15H2,(H,24,28). The number of nitrogens with zero attached hydrogens (tertiary/aromatic N) is 2. The number of hydrogen-bond acceptors (Lipinski definition) is 5. The molecular formula is C22H24ClN3O4. The second-order valence-corrected chi connectivity index (χ2v) is 7.79. The molecule has 0 unspecified atom stereocenters. The second kappa shape index (κ2) is 9.36. The molecule has 2 heterocycles. The first-order valence-electron chi connectivity index (χ1n) is 10.0. The summed E-state index contributed by atoms with van der Waals surface area (Å²) in [6, 6.07) is 12.6. The van der Waals surface area contributed by atoms with Crippen LogP contribution in [-0.4, -0.2) is 67.7 Å². The van der Waals surface area contributed by atoms with Crippen LogP contribution in [0, 0.1) is 0 Å². The summed E-state index contributed by atoms with van der Waals surface area (Å²) in [5, 5.41) is 3.61. The van der Waals surface area contributed by atoms with E-state index in [1.165, 1.54) is 0 Å². The van der Waals surface area contributed by atoms with Gasteiger partial charge in [0.2, 0.25) is 12.7 Å². The number of hydrogen-bond donors (Lipinski definition) is 1. The molecule has 0 spiro atoms. The Morgan fingerprint density at radius 1 is 0.967 bits per heavy atom. The van der Waals surface area contributed by atoms with Crippen molar-refractivity contribution in [1.82, 2.24) is 15.1 Å². The number of benzene rings is 2. The van der Waals surface area contributed by atoms with Crippen LogP contribution < -0.4 is 14.8 Å². The van der Waals surface area contributed by atoms with Gasteiger partial charge in [-0.3, -0.25) is 14.5 Å². The van der Waals surface area contributed by atoms with Crippen LogP contribution >= 0.6 is 11.6 Å². The number of amides is 2. The van der Waals surface area contributed by atoms with E-state index < -0.39 is 0 Å². The molecule has 30 heavy (non-hydrogen) atoms. The summed E-state index contributed by atoms with van der Waals surface area (Å²) in [5.41, 5.74) is 1.52. The second-order valence-electron chi connectivity index (χ2n) is 7.35. The maximum absolute atomic E-state index is 12.5. The van der Waals surface area contributed by atoms with Crippen molar-refractivity contribution in [3.05, 3.63) is 58.6 Å². The highest BCUT2D eigenvalue weighted by Gasteiger charge is 2.21. The van der Waals surface area contributed by atoms with E-state index in [9.17, 15) is 9.59 Å². The zero-order valence-corrected chi connectivity index (χ0v) is 17.4. The first-order valence-corrected chi connectivity index (χ1v) is 10.4. The van der Waals surface area contributed by atoms with Gasteiger partial charge >= 0.3 is 0 Å². The van der Waals surface area contributed by atoms with E-state index in [-0.39, 0.29) is 18.6 Å². The molecule has 0 bridgehead atoms. The number of nitrogens with one attached hydrogen (secondary N) is 1. The van der Waals surface area contributed by atoms with E-state index in [0.717, 1.165) is 25.2 Å². The third-order valence-corrected chi connectivity index (χ3v) is 5.59. The van der Waals surface area contributed by atoms with Crippen LogP contribution in [-0.2, 0) is 11.2 Å². The maximum atomic E-state index is 12.5. The van der Waals surface area contributed by atoms with Crippen LogP contribution in [0.25, 0.3) is 0 Å². The summed E-state index contributed by atoms with van der Waals surface area (Å²) < 4.78 is 10.6. The fourth-order valence-corrected chi connectivity index (χ4v) is 3.70. The molecule has 0 saturated carbocycles. The number of rotatable bonds is 6. The number of halogens is 1. The average Bonchev–Trinajstić information content (AvgIpc) is 3.23. The fraction of sp³-hybridized carbons (Fsp3) is 0.364. The predicted octanol–water partition coefficient (Wildman–Crippen LogP) is 2.19. The third-order valence-electron chi connectivity index (χ3n) is 5.34. The largest absolute Gasteiger partial charge is 0.454 e. The lowest BCUT2D eigenvalue weighted by Crippen LogP contribution is -2.50. The predicted molar refractivity (Wildman–Crippen MR) is 113 cm³/mol. The molecule has 2 aromatic carbocycles. The molecule has 4 rings (SSSR count). The van der Waals surface area contributed by atoms with Gasteiger partial charge in [-0.1, -0.05) is 23.7 Å². The summed E-state index contributed by atoms with van der Waals surface area (Å²) >= 11 is 5.89. The van der Waals surface area contributed by atoms with Crippen molar-refractivity contribution < 1.29 is 19.1 Å². The van der Waals surface area contributed by atoms with Crippen LogP contribution in [0.15, 0.2) is 42.5 Å². The molecule has 2 aliphatic heterocycles. The topological polar surface area (TPSA) is 71.1 Å². The first kappa shape index (κ1) is 20.5. The summed E-state index contributed by atoms with van der Waals surface area (Å²) in [6.07, 6.45) is 0.392. The summed E-state index contributed by atoms with van der Waals surface area (Å²) in [6.45, 7) is 4.47. The van der Waals surface area contributed by atoms with Crippen molar-refractivity contribution in [2.24, 2.45) is 0 Å². The van der Waals surface area contributed by atoms with Crippen LogP contribution in [0.4, 0.5) is 0 Å². The van der Waals surface area contributed by atoms with E-state index in [2.05, 4.69) is 10.2 Å². The highest BCUT2D eigenvalue weighted by Crippen LogP contribution is 2.32. The van der Waals surface area contributed by atoms with Gasteiger partial charge in [-0.25, -0.2) is 0 Å². The monoisotopic (exact) mass is 429 g/mol. The minimum Gasteiger partial charge on any atom is -0.454 e. The molecule has 0 atom stereocenters. The van der Waals surface area contributed by atoms with Gasteiger partial charge in [0.25, 0.3) is 5.91 Å². The molecule has 2 amide bonds. The van der Waals surface area contributed by atoms with Gasteiger partial charge in [-0.05, 0) is 35.9 Å². The smallest absolute Gasteiger partial charge is 0.251 e. The highest BCUT2D eigenvalue weighted by molar-refractivity contribution is 6.30. The Morgan fingerprint density at radius 3 is 2.47 bits per heavy atom. The average molecular weight is 430 g/mol. The lowest BCUT2D eigenvalue weighted by atomic mass is 10.1. The van der Waals surface area contributed by atoms with Crippen molar-refractivity contribution in [1.29, 1.82) is 0 Å². The third kappa shape index (κ3) is 5.04. The van der Waals surface area contributed by atoms with E-state index in [1.807, 2.05) is 17.0 Å². The molecule has 158 valence electrons. The van der Waals surface area contributed by atoms with Gasteiger partial charge in [-0.2, -0.15) is 0 Å². The SMILES string of the molecule is O=C(NCCN1CCN(C(=O)Cc2ccc(Cl)cc2)CC1)c1ccc2c(c1)OCO2. The lowest BCUT2D eigenvalue weighted by molar-refractivity contribution is -0.132. The summed E-state index contributed by atoms with van der Waals surface area (Å²) in [4.78, 5) is 29.0. The van der Waals surface area contributed by atoms with E-state index in [0.29, 0.717) is 48.1 Å². The molecule has 2 aromatic rings. The van der Waals surface area contributed by atoms with Crippen molar-refractivity contribution in [3.8, 4) is 11.5 Å². The summed E-state index contributed by atoms with van der Waals surface area (Å²) in [7, 11) is 0. The minimum absolute atomic E-state index is 0.132. The van der Waals surface area contributed by atoms with Crippen molar-refractivity contribution >= 4 is 23.4 Å². The molecule has 8 heteroatoms. The van der Waals surface area contributed by atoms with Gasteiger partial charge < -0.3 is 19.7 Å². The Labute approximate surface area is 180 Å². The molecule has 1 fully saturated rings. The van der Waals surface area contributed by atoms with Gasteiger partial charge in [0.05, 0.1) is 6.42 Å². The molecule has 0 aliphatic carbocycles. The van der Waals surface area contributed by atoms with E-state index in [1.54, 1.807) is 30.3 Å². The Kier molecular flexibility index (Phi) is 6.40. The number of carbonyl (C=O) groups excluding carboxylic acids is 2. The molecule has 0 aromatic heterocycles. The van der Waals surface area contributed by atoms with E-state index >= 15 is 0 Å². The Bertz CT molecular complexity index is 911. The number of carbonyl (C=O) groups is 2. The molecule has 0 radical (unpaired) electrons. The van der Waals surface area contributed by atoms with Crippen molar-refractivity contribution in [2.75, 3.05) is 46.1 Å². The Morgan fingerprint density at radius 2 is 1.70 bits per heavy atom. The fourth-order valence-electron chi connectivity index (χ4n) is 3.58. The summed E-state index contributed by atoms with van der Waals surface area (Å²) in [5.74, 6) is 1.26. The zero-order valence-electron chi connectivity index (χ0n) is 16.6. The van der Waals surface area contributed by atoms with Crippen molar-refractivity contribution in [3.63, 3.8) is 0 Å². The first-order chi connectivity index (χ1) is 14.6. The van der Waals surface area contributed by atoms with Crippen LogP contribution in [0.1, 0.15) is 15.9 Å². The quantitative estimate of drug-likeness (QED) is 0.762. The van der Waals surface area contributed by atoms with Gasteiger partial charge in [-0.15, -0.1) is 0 Å². The lowest BCUT2D eigenvalue weighted by Gasteiger charge is -2.34. The Hall–Kier alpha value is -2.77. The molecule has 1 N–H and O–H groups in total. The van der Waals surface area contributed by atoms with Gasteiger partial charge in [0.15, 0.2) is 11.5 Å². The maximum Gasteiger partial charge on any atom is 0.251 e. The van der Waals surface area contributed by atoms with Crippen LogP contribution in [0.3, 0.4) is 0 Å². The molecule has 2 aliphatic rings. The van der Waals surface area contributed by atoms with Crippen LogP contribution in [0.5, 0.6) is 11.5 Å². The van der Waals surface area contributed by atoms with Gasteiger partial charge in [0, 0.05) is 49.9 Å². The normalized spacial score (nSPS) is 15.8. The molecule has 1 saturated heterocycles. The van der Waals surface area contributed by atoms with Gasteiger partial charge in [0.1, 0.15) is 0 Å². The van der Waals surface area contributed by atoms with E-state index in [4.69, 9.17) is 21.1 Å². The minimum atomic E-state index is -0.134.